The van der Waals surface area contributed by atoms with Crippen molar-refractivity contribution in [2.45, 2.75) is 68.1 Å². The summed E-state index contributed by atoms with van der Waals surface area (Å²) in [6, 6.07) is 8.31. The molecular formula is C28H32O14. The van der Waals surface area contributed by atoms with Crippen molar-refractivity contribution in [2.24, 2.45) is 0 Å². The molecule has 0 unspecified atom stereocenters. The lowest BCUT2D eigenvalue weighted by atomic mass is 9.89. The first kappa shape index (κ1) is 30.2. The largest absolute Gasteiger partial charge is 0.508 e. The van der Waals surface area contributed by atoms with Gasteiger partial charge >= 0.3 is 0 Å². The smallest absolute Gasteiger partial charge is 0.197 e. The van der Waals surface area contributed by atoms with Crippen molar-refractivity contribution in [2.75, 3.05) is 13.7 Å². The van der Waals surface area contributed by atoms with Crippen LogP contribution in [-0.4, -0.2) is 110 Å². The molecule has 2 saturated heterocycles. The molecule has 2 fully saturated rings. The van der Waals surface area contributed by atoms with E-state index in [4.69, 9.17) is 23.4 Å². The number of ether oxygens (including phenoxy) is 4. The van der Waals surface area contributed by atoms with Gasteiger partial charge in [-0.3, -0.25) is 4.79 Å². The van der Waals surface area contributed by atoms with Crippen LogP contribution in [0.1, 0.15) is 18.6 Å². The van der Waals surface area contributed by atoms with Gasteiger partial charge in [0.15, 0.2) is 11.7 Å². The summed E-state index contributed by atoms with van der Waals surface area (Å²) in [6.07, 6.45) is -15.6. The van der Waals surface area contributed by atoms with E-state index in [1.165, 1.54) is 44.4 Å². The minimum absolute atomic E-state index is 0.00915. The minimum atomic E-state index is -1.80. The third kappa shape index (κ3) is 5.21. The second kappa shape index (κ2) is 11.8. The van der Waals surface area contributed by atoms with Gasteiger partial charge in [0.25, 0.3) is 0 Å². The van der Waals surface area contributed by atoms with Crippen molar-refractivity contribution in [3.8, 4) is 28.6 Å². The maximum absolute atomic E-state index is 13.3. The Hall–Kier alpha value is -3.31. The number of benzene rings is 2. The normalized spacial score (nSPS) is 33.5. The van der Waals surface area contributed by atoms with E-state index in [-0.39, 0.29) is 33.8 Å². The predicted molar refractivity (Wildman–Crippen MR) is 142 cm³/mol. The molecule has 2 aromatic carbocycles. The van der Waals surface area contributed by atoms with Crippen molar-refractivity contribution in [1.82, 2.24) is 0 Å². The van der Waals surface area contributed by atoms with Gasteiger partial charge in [0, 0.05) is 17.7 Å². The molecule has 10 atom stereocenters. The molecule has 2 aliphatic heterocycles. The standard InChI is InChI=1S/C28H32O14/c1-10-20(32)23(35)25(37)28(39-10)42-27-24(36)21(33)17(9-29)41-26(27)19-15(38-2)8-16-18(22(19)34)13(31)7-14(40-16)11-3-5-12(30)6-4-11/h3-8,10,17,20-21,23-30,32-37H,9H2,1-2H3/t10-,17+,20-,21+,23+,24-,25+,26-,27+,28-/m0/s1. The zero-order chi connectivity index (χ0) is 30.5. The van der Waals surface area contributed by atoms with Crippen molar-refractivity contribution in [3.63, 3.8) is 0 Å². The summed E-state index contributed by atoms with van der Waals surface area (Å²) < 4.78 is 28.5. The van der Waals surface area contributed by atoms with Gasteiger partial charge in [0.2, 0.25) is 0 Å². The molecule has 42 heavy (non-hydrogen) atoms. The number of aliphatic hydroxyl groups is 6. The predicted octanol–water partition coefficient (Wildman–Crippen LogP) is -0.754. The Balaban J connectivity index is 1.61. The van der Waals surface area contributed by atoms with E-state index in [1.54, 1.807) is 0 Å². The maximum atomic E-state index is 13.3. The number of hydrogen-bond donors (Lipinski definition) is 8. The van der Waals surface area contributed by atoms with Gasteiger partial charge in [0.05, 0.1) is 25.4 Å². The summed E-state index contributed by atoms with van der Waals surface area (Å²) in [5.74, 6) is -0.606. The van der Waals surface area contributed by atoms with E-state index < -0.39 is 79.0 Å². The second-order valence-electron chi connectivity index (χ2n) is 10.3. The number of fused-ring (bicyclic) bond motifs is 1. The van der Waals surface area contributed by atoms with Gasteiger partial charge in [0.1, 0.15) is 82.8 Å². The van der Waals surface area contributed by atoms with E-state index in [9.17, 15) is 45.6 Å². The SMILES string of the molecule is COc1cc2oc(-c3ccc(O)cc3)cc(=O)c2c(O)c1[C@@H]1O[C@H](CO)[C@@H](O)[C@H](O)[C@H]1O[C@@H]1O[C@@H](C)[C@H](O)[C@@H](O)[C@H]1O. The molecule has 0 saturated carbocycles. The monoisotopic (exact) mass is 592 g/mol. The Morgan fingerprint density at radius 1 is 0.881 bits per heavy atom. The molecule has 3 heterocycles. The van der Waals surface area contributed by atoms with Crippen LogP contribution in [0.15, 0.2) is 45.6 Å². The minimum Gasteiger partial charge on any atom is -0.508 e. The van der Waals surface area contributed by atoms with Crippen molar-refractivity contribution in [3.05, 3.63) is 52.2 Å². The lowest BCUT2D eigenvalue weighted by Gasteiger charge is -2.46. The zero-order valence-corrected chi connectivity index (χ0v) is 22.5. The molecule has 0 radical (unpaired) electrons. The summed E-state index contributed by atoms with van der Waals surface area (Å²) in [7, 11) is 1.26. The Kier molecular flexibility index (Phi) is 8.44. The number of aromatic hydroxyl groups is 2. The molecule has 5 rings (SSSR count). The van der Waals surface area contributed by atoms with Gasteiger partial charge in [-0.15, -0.1) is 0 Å². The molecule has 2 aliphatic rings. The van der Waals surface area contributed by atoms with Gasteiger partial charge in [-0.1, -0.05) is 0 Å². The third-order valence-electron chi connectivity index (χ3n) is 7.62. The molecule has 0 spiro atoms. The van der Waals surface area contributed by atoms with Crippen LogP contribution in [0.3, 0.4) is 0 Å². The third-order valence-corrected chi connectivity index (χ3v) is 7.62. The van der Waals surface area contributed by atoms with Crippen LogP contribution >= 0.6 is 0 Å². The fourth-order valence-corrected chi connectivity index (χ4v) is 5.26. The molecule has 228 valence electrons. The van der Waals surface area contributed by atoms with Gasteiger partial charge < -0.3 is 64.2 Å². The van der Waals surface area contributed by atoms with Gasteiger partial charge in [-0.2, -0.15) is 0 Å². The number of hydrogen-bond acceptors (Lipinski definition) is 14. The quantitative estimate of drug-likeness (QED) is 0.176. The lowest BCUT2D eigenvalue weighted by molar-refractivity contribution is -0.338. The zero-order valence-electron chi connectivity index (χ0n) is 22.5. The highest BCUT2D eigenvalue weighted by atomic mass is 16.7. The van der Waals surface area contributed by atoms with E-state index in [1.807, 2.05) is 0 Å². The van der Waals surface area contributed by atoms with E-state index >= 15 is 0 Å². The first-order valence-electron chi connectivity index (χ1n) is 13.1. The Morgan fingerprint density at radius 2 is 1.57 bits per heavy atom. The van der Waals surface area contributed by atoms with Crippen molar-refractivity contribution >= 4 is 11.0 Å². The average molecular weight is 593 g/mol. The van der Waals surface area contributed by atoms with Crippen LogP contribution in [0, 0.1) is 0 Å². The van der Waals surface area contributed by atoms with Crippen LogP contribution in [0.2, 0.25) is 0 Å². The van der Waals surface area contributed by atoms with Crippen LogP contribution in [0.5, 0.6) is 17.2 Å². The van der Waals surface area contributed by atoms with E-state index in [0.29, 0.717) is 5.56 Å². The van der Waals surface area contributed by atoms with Crippen molar-refractivity contribution < 1.29 is 64.2 Å². The maximum Gasteiger partial charge on any atom is 0.197 e. The summed E-state index contributed by atoms with van der Waals surface area (Å²) in [5.41, 5.74) is -0.477. The van der Waals surface area contributed by atoms with Crippen molar-refractivity contribution in [1.29, 1.82) is 0 Å². The molecular weight excluding hydrogens is 560 g/mol. The highest BCUT2D eigenvalue weighted by Gasteiger charge is 2.51. The summed E-state index contributed by atoms with van der Waals surface area (Å²) in [6.45, 7) is 0.669. The molecule has 0 bridgehead atoms. The topological polar surface area (TPSA) is 229 Å². The van der Waals surface area contributed by atoms with E-state index in [2.05, 4.69) is 0 Å². The Labute approximate surface area is 238 Å². The average Bonchev–Trinajstić information content (AvgIpc) is 2.97. The number of phenols is 2. The fraction of sp³-hybridized carbons (Fsp3) is 0.464. The number of rotatable bonds is 6. The summed E-state index contributed by atoms with van der Waals surface area (Å²) >= 11 is 0. The first-order chi connectivity index (χ1) is 20.0. The van der Waals surface area contributed by atoms with E-state index in [0.717, 1.165) is 6.07 Å². The molecule has 1 aromatic heterocycles. The highest BCUT2D eigenvalue weighted by molar-refractivity contribution is 5.88. The molecule has 3 aromatic rings. The fourth-order valence-electron chi connectivity index (χ4n) is 5.26. The van der Waals surface area contributed by atoms with Crippen LogP contribution in [-0.2, 0) is 14.2 Å². The first-order valence-corrected chi connectivity index (χ1v) is 13.1. The molecule has 0 aliphatic carbocycles. The Bertz CT molecular complexity index is 1470. The van der Waals surface area contributed by atoms with Gasteiger partial charge in [-0.25, -0.2) is 0 Å². The summed E-state index contributed by atoms with van der Waals surface area (Å²) in [4.78, 5) is 13.3. The van der Waals surface area contributed by atoms with Crippen LogP contribution in [0.25, 0.3) is 22.3 Å². The van der Waals surface area contributed by atoms with Crippen LogP contribution in [0.4, 0.5) is 0 Å². The van der Waals surface area contributed by atoms with Gasteiger partial charge in [-0.05, 0) is 31.2 Å². The Morgan fingerprint density at radius 3 is 2.21 bits per heavy atom. The summed E-state index contributed by atoms with van der Waals surface area (Å²) in [5, 5.41) is 83.0. The molecule has 0 amide bonds. The molecule has 14 heteroatoms. The molecule has 14 nitrogen and oxygen atoms in total. The van der Waals surface area contributed by atoms with Crippen LogP contribution < -0.4 is 10.2 Å². The number of phenolic OH excluding ortho intramolecular Hbond substituents is 2. The molecule has 8 N–H and O–H groups in total. The highest BCUT2D eigenvalue weighted by Crippen LogP contribution is 2.46. The lowest BCUT2D eigenvalue weighted by Crippen LogP contribution is -2.61. The number of methoxy groups -OCH3 is 1. The number of aliphatic hydroxyl groups excluding tert-OH is 6. The second-order valence-corrected chi connectivity index (χ2v) is 10.3.